The summed E-state index contributed by atoms with van der Waals surface area (Å²) >= 11 is 6.68. The summed E-state index contributed by atoms with van der Waals surface area (Å²) in [5.74, 6) is -0.971. The monoisotopic (exact) mass is 478 g/mol. The Labute approximate surface area is 168 Å². The molecule has 0 bridgehead atoms. The van der Waals surface area contributed by atoms with Gasteiger partial charge < -0.3 is 9.47 Å². The number of halogens is 2. The molecule has 4 nitrogen and oxygen atoms in total. The number of esters is 2. The van der Waals surface area contributed by atoms with E-state index in [0.29, 0.717) is 0 Å². The SMILES string of the molecule is O=C(/C=C/C=C/C(=O)OCc1ccc(Br)cc1)OCc1ccc(Br)cc1. The van der Waals surface area contributed by atoms with E-state index in [9.17, 15) is 9.59 Å². The van der Waals surface area contributed by atoms with Gasteiger partial charge in [-0.1, -0.05) is 68.3 Å². The van der Waals surface area contributed by atoms with Gasteiger partial charge in [0, 0.05) is 21.1 Å². The first-order valence-corrected chi connectivity index (χ1v) is 9.28. The summed E-state index contributed by atoms with van der Waals surface area (Å²) in [7, 11) is 0. The van der Waals surface area contributed by atoms with Crippen LogP contribution in [0.4, 0.5) is 0 Å². The van der Waals surface area contributed by atoms with Crippen molar-refractivity contribution in [1.29, 1.82) is 0 Å². The Morgan fingerprint density at radius 3 is 1.38 bits per heavy atom. The number of allylic oxidation sites excluding steroid dienone is 2. The lowest BCUT2D eigenvalue weighted by atomic mass is 10.2. The molecule has 0 amide bonds. The van der Waals surface area contributed by atoms with Crippen LogP contribution in [0.1, 0.15) is 11.1 Å². The molecule has 0 fully saturated rings. The Balaban J connectivity index is 1.68. The van der Waals surface area contributed by atoms with Gasteiger partial charge in [-0.05, 0) is 35.4 Å². The van der Waals surface area contributed by atoms with E-state index in [1.54, 1.807) is 0 Å². The fraction of sp³-hybridized carbons (Fsp3) is 0.100. The maximum absolute atomic E-state index is 11.6. The fourth-order valence-electron chi connectivity index (χ4n) is 1.83. The van der Waals surface area contributed by atoms with E-state index in [1.165, 1.54) is 24.3 Å². The molecule has 134 valence electrons. The van der Waals surface area contributed by atoms with Crippen molar-refractivity contribution in [3.63, 3.8) is 0 Å². The van der Waals surface area contributed by atoms with Gasteiger partial charge in [0.05, 0.1) is 0 Å². The van der Waals surface area contributed by atoms with Crippen LogP contribution in [-0.2, 0) is 32.3 Å². The van der Waals surface area contributed by atoms with Gasteiger partial charge in [-0.2, -0.15) is 0 Å². The number of carbonyl (C=O) groups excluding carboxylic acids is 2. The van der Waals surface area contributed by atoms with Crippen LogP contribution in [0.25, 0.3) is 0 Å². The number of hydrogen-bond acceptors (Lipinski definition) is 4. The number of hydrogen-bond donors (Lipinski definition) is 0. The lowest BCUT2D eigenvalue weighted by Gasteiger charge is -2.02. The molecule has 0 spiro atoms. The van der Waals surface area contributed by atoms with Crippen molar-refractivity contribution < 1.29 is 19.1 Å². The van der Waals surface area contributed by atoms with Crippen LogP contribution in [0.15, 0.2) is 81.8 Å². The van der Waals surface area contributed by atoms with Gasteiger partial charge in [0.1, 0.15) is 13.2 Å². The zero-order valence-electron chi connectivity index (χ0n) is 13.7. The largest absolute Gasteiger partial charge is 0.458 e. The van der Waals surface area contributed by atoms with E-state index in [4.69, 9.17) is 9.47 Å². The normalized spacial score (nSPS) is 11.0. The van der Waals surface area contributed by atoms with Crippen molar-refractivity contribution >= 4 is 43.8 Å². The summed E-state index contributed by atoms with van der Waals surface area (Å²) in [5.41, 5.74) is 1.78. The van der Waals surface area contributed by atoms with Crippen LogP contribution in [0.5, 0.6) is 0 Å². The molecule has 0 aliphatic rings. The maximum atomic E-state index is 11.6. The number of rotatable bonds is 7. The molecule has 0 heterocycles. The summed E-state index contributed by atoms with van der Waals surface area (Å²) in [6.07, 6.45) is 5.37. The summed E-state index contributed by atoms with van der Waals surface area (Å²) in [5, 5.41) is 0. The highest BCUT2D eigenvalue weighted by Crippen LogP contribution is 2.12. The second-order valence-electron chi connectivity index (χ2n) is 5.19. The van der Waals surface area contributed by atoms with E-state index < -0.39 is 11.9 Å². The first-order chi connectivity index (χ1) is 12.5. The van der Waals surface area contributed by atoms with Crippen molar-refractivity contribution in [2.24, 2.45) is 0 Å². The standard InChI is InChI=1S/C20H16Br2O4/c21-17-9-5-15(6-10-17)13-25-19(23)3-1-2-4-20(24)26-14-16-7-11-18(22)12-8-16/h1-12H,13-14H2/b3-1+,4-2+. The van der Waals surface area contributed by atoms with Crippen LogP contribution in [0.3, 0.4) is 0 Å². The van der Waals surface area contributed by atoms with Crippen molar-refractivity contribution in [2.75, 3.05) is 0 Å². The van der Waals surface area contributed by atoms with Crippen LogP contribution >= 0.6 is 31.9 Å². The molecular weight excluding hydrogens is 464 g/mol. The van der Waals surface area contributed by atoms with Gasteiger partial charge in [-0.3, -0.25) is 0 Å². The molecule has 0 saturated heterocycles. The highest BCUT2D eigenvalue weighted by atomic mass is 79.9. The molecule has 0 aliphatic carbocycles. The molecule has 0 radical (unpaired) electrons. The maximum Gasteiger partial charge on any atom is 0.331 e. The summed E-state index contributed by atoms with van der Waals surface area (Å²) in [6.45, 7) is 0.380. The zero-order valence-corrected chi connectivity index (χ0v) is 16.9. The molecule has 6 heteroatoms. The van der Waals surface area contributed by atoms with Crippen LogP contribution in [0.2, 0.25) is 0 Å². The highest BCUT2D eigenvalue weighted by molar-refractivity contribution is 9.10. The van der Waals surface area contributed by atoms with Crippen molar-refractivity contribution in [3.8, 4) is 0 Å². The third kappa shape index (κ3) is 7.80. The summed E-state index contributed by atoms with van der Waals surface area (Å²) in [4.78, 5) is 23.2. The second kappa shape index (κ2) is 10.7. The molecule has 2 rings (SSSR count). The Hall–Kier alpha value is -2.18. The quantitative estimate of drug-likeness (QED) is 0.314. The summed E-state index contributed by atoms with van der Waals surface area (Å²) < 4.78 is 12.1. The minimum Gasteiger partial charge on any atom is -0.458 e. The van der Waals surface area contributed by atoms with Crippen LogP contribution < -0.4 is 0 Å². The minimum absolute atomic E-state index is 0.190. The van der Waals surface area contributed by atoms with E-state index in [2.05, 4.69) is 31.9 Å². The number of ether oxygens (including phenoxy) is 2. The molecule has 0 N–H and O–H groups in total. The van der Waals surface area contributed by atoms with E-state index in [1.807, 2.05) is 48.5 Å². The van der Waals surface area contributed by atoms with Gasteiger partial charge in [0.2, 0.25) is 0 Å². The fourth-order valence-corrected chi connectivity index (χ4v) is 2.36. The molecule has 0 unspecified atom stereocenters. The molecule has 0 aliphatic heterocycles. The van der Waals surface area contributed by atoms with Crippen molar-refractivity contribution in [2.45, 2.75) is 13.2 Å². The van der Waals surface area contributed by atoms with Gasteiger partial charge in [-0.15, -0.1) is 0 Å². The highest BCUT2D eigenvalue weighted by Gasteiger charge is 2.00. The average Bonchev–Trinajstić information content (AvgIpc) is 2.64. The molecule has 0 aromatic heterocycles. The first-order valence-electron chi connectivity index (χ1n) is 7.70. The predicted molar refractivity (Wildman–Crippen MR) is 106 cm³/mol. The smallest absolute Gasteiger partial charge is 0.331 e. The Kier molecular flexibility index (Phi) is 8.31. The van der Waals surface area contributed by atoms with E-state index >= 15 is 0 Å². The van der Waals surface area contributed by atoms with Gasteiger partial charge in [-0.25, -0.2) is 9.59 Å². The molecule has 2 aromatic rings. The second-order valence-corrected chi connectivity index (χ2v) is 7.02. The first kappa shape index (κ1) is 20.1. The number of benzene rings is 2. The third-order valence-corrected chi connectivity index (χ3v) is 4.22. The van der Waals surface area contributed by atoms with Crippen LogP contribution in [0, 0.1) is 0 Å². The van der Waals surface area contributed by atoms with Gasteiger partial charge >= 0.3 is 11.9 Å². The lowest BCUT2D eigenvalue weighted by Crippen LogP contribution is -2.01. The Morgan fingerprint density at radius 1 is 0.692 bits per heavy atom. The van der Waals surface area contributed by atoms with E-state index in [-0.39, 0.29) is 13.2 Å². The Morgan fingerprint density at radius 2 is 1.04 bits per heavy atom. The number of carbonyl (C=O) groups is 2. The van der Waals surface area contributed by atoms with Crippen molar-refractivity contribution in [1.82, 2.24) is 0 Å². The molecular formula is C20H16Br2O4. The van der Waals surface area contributed by atoms with Crippen LogP contribution in [-0.4, -0.2) is 11.9 Å². The topological polar surface area (TPSA) is 52.6 Å². The van der Waals surface area contributed by atoms with Gasteiger partial charge in [0.25, 0.3) is 0 Å². The zero-order chi connectivity index (χ0) is 18.8. The lowest BCUT2D eigenvalue weighted by molar-refractivity contribution is -0.140. The molecule has 0 atom stereocenters. The molecule has 2 aromatic carbocycles. The minimum atomic E-state index is -0.485. The van der Waals surface area contributed by atoms with Crippen molar-refractivity contribution in [3.05, 3.63) is 92.9 Å². The third-order valence-electron chi connectivity index (χ3n) is 3.16. The molecule has 0 saturated carbocycles. The van der Waals surface area contributed by atoms with E-state index in [0.717, 1.165) is 20.1 Å². The van der Waals surface area contributed by atoms with Gasteiger partial charge in [0.15, 0.2) is 0 Å². The average molecular weight is 480 g/mol. The summed E-state index contributed by atoms with van der Waals surface area (Å²) in [6, 6.07) is 15.0. The predicted octanol–water partition coefficient (Wildman–Crippen LogP) is 5.11. The Bertz CT molecular complexity index is 724. The molecule has 26 heavy (non-hydrogen) atoms.